The average Bonchev–Trinajstić information content (AvgIpc) is 3.16. The van der Waals surface area contributed by atoms with Crippen molar-refractivity contribution < 1.29 is 9.90 Å². The van der Waals surface area contributed by atoms with E-state index in [1.807, 2.05) is 46.0 Å². The second-order valence-electron chi connectivity index (χ2n) is 5.79. The molecule has 0 unspecified atom stereocenters. The van der Waals surface area contributed by atoms with Gasteiger partial charge in [-0.1, -0.05) is 12.1 Å². The number of aromatic nitrogens is 2. The van der Waals surface area contributed by atoms with Crippen molar-refractivity contribution in [1.29, 1.82) is 0 Å². The SMILES string of the molecule is O=C(/C=C/c1ccc(-n2ccnc2)cc1)N1CCN(CCO)CC1. The Bertz CT molecular complexity index is 672. The number of carbonyl (C=O) groups is 1. The van der Waals surface area contributed by atoms with E-state index in [0.717, 1.165) is 24.3 Å². The maximum Gasteiger partial charge on any atom is 0.246 e. The monoisotopic (exact) mass is 326 g/mol. The Morgan fingerprint density at radius 3 is 2.54 bits per heavy atom. The van der Waals surface area contributed by atoms with Crippen molar-refractivity contribution in [2.75, 3.05) is 39.3 Å². The van der Waals surface area contributed by atoms with Crippen LogP contribution >= 0.6 is 0 Å². The van der Waals surface area contributed by atoms with Crippen LogP contribution in [-0.2, 0) is 4.79 Å². The van der Waals surface area contributed by atoms with Gasteiger partial charge in [-0.25, -0.2) is 4.98 Å². The van der Waals surface area contributed by atoms with Crippen LogP contribution in [0.4, 0.5) is 0 Å². The van der Waals surface area contributed by atoms with Gasteiger partial charge in [0.2, 0.25) is 5.91 Å². The van der Waals surface area contributed by atoms with Crippen LogP contribution in [0.3, 0.4) is 0 Å². The number of benzene rings is 1. The van der Waals surface area contributed by atoms with Gasteiger partial charge in [0.25, 0.3) is 0 Å². The molecule has 1 aliphatic rings. The lowest BCUT2D eigenvalue weighted by Crippen LogP contribution is -2.48. The number of hydrogen-bond donors (Lipinski definition) is 1. The summed E-state index contributed by atoms with van der Waals surface area (Å²) in [5.41, 5.74) is 2.03. The fourth-order valence-electron chi connectivity index (χ4n) is 2.78. The molecule has 1 amide bonds. The van der Waals surface area contributed by atoms with Crippen LogP contribution in [0.1, 0.15) is 5.56 Å². The zero-order valence-corrected chi connectivity index (χ0v) is 13.6. The second kappa shape index (κ2) is 7.90. The summed E-state index contributed by atoms with van der Waals surface area (Å²) in [6.07, 6.45) is 8.87. The Morgan fingerprint density at radius 2 is 1.92 bits per heavy atom. The minimum atomic E-state index is 0.0392. The van der Waals surface area contributed by atoms with Gasteiger partial charge in [-0.3, -0.25) is 9.69 Å². The maximum atomic E-state index is 12.2. The van der Waals surface area contributed by atoms with Gasteiger partial charge >= 0.3 is 0 Å². The van der Waals surface area contributed by atoms with E-state index in [4.69, 9.17) is 5.11 Å². The molecule has 2 aromatic rings. The molecule has 1 aromatic heterocycles. The molecule has 0 atom stereocenters. The third kappa shape index (κ3) is 4.10. The fourth-order valence-corrected chi connectivity index (χ4v) is 2.78. The zero-order chi connectivity index (χ0) is 16.8. The number of hydrogen-bond acceptors (Lipinski definition) is 4. The van der Waals surface area contributed by atoms with E-state index >= 15 is 0 Å². The van der Waals surface area contributed by atoms with Gasteiger partial charge in [-0.2, -0.15) is 0 Å². The maximum absolute atomic E-state index is 12.2. The van der Waals surface area contributed by atoms with E-state index < -0.39 is 0 Å². The summed E-state index contributed by atoms with van der Waals surface area (Å²) < 4.78 is 1.94. The Morgan fingerprint density at radius 1 is 1.17 bits per heavy atom. The van der Waals surface area contributed by atoms with Crippen LogP contribution < -0.4 is 0 Å². The summed E-state index contributed by atoms with van der Waals surface area (Å²) in [5, 5.41) is 8.95. The first-order valence-electron chi connectivity index (χ1n) is 8.15. The number of piperazine rings is 1. The number of aliphatic hydroxyl groups is 1. The van der Waals surface area contributed by atoms with Crippen molar-refractivity contribution in [3.8, 4) is 5.69 Å². The number of imidazole rings is 1. The molecule has 1 aliphatic heterocycles. The molecule has 0 radical (unpaired) electrons. The number of aliphatic hydroxyl groups excluding tert-OH is 1. The highest BCUT2D eigenvalue weighted by atomic mass is 16.3. The van der Waals surface area contributed by atoms with Crippen molar-refractivity contribution in [2.24, 2.45) is 0 Å². The molecule has 24 heavy (non-hydrogen) atoms. The summed E-state index contributed by atoms with van der Waals surface area (Å²) in [6, 6.07) is 7.97. The molecule has 3 rings (SSSR count). The summed E-state index contributed by atoms with van der Waals surface area (Å²) in [4.78, 5) is 20.3. The lowest BCUT2D eigenvalue weighted by Gasteiger charge is -2.33. The summed E-state index contributed by atoms with van der Waals surface area (Å²) >= 11 is 0. The Kier molecular flexibility index (Phi) is 5.40. The van der Waals surface area contributed by atoms with Gasteiger partial charge in [-0.05, 0) is 23.8 Å². The van der Waals surface area contributed by atoms with Crippen molar-refractivity contribution in [1.82, 2.24) is 19.4 Å². The number of amides is 1. The Hall–Kier alpha value is -2.44. The minimum Gasteiger partial charge on any atom is -0.395 e. The van der Waals surface area contributed by atoms with Gasteiger partial charge in [-0.15, -0.1) is 0 Å². The number of rotatable bonds is 5. The molecular weight excluding hydrogens is 304 g/mol. The normalized spacial score (nSPS) is 16.0. The highest BCUT2D eigenvalue weighted by molar-refractivity contribution is 5.91. The third-order valence-corrected chi connectivity index (χ3v) is 4.21. The molecule has 126 valence electrons. The van der Waals surface area contributed by atoms with Crippen molar-refractivity contribution in [3.63, 3.8) is 0 Å². The lowest BCUT2D eigenvalue weighted by atomic mass is 10.2. The van der Waals surface area contributed by atoms with Gasteiger partial charge in [0.05, 0.1) is 12.9 Å². The molecule has 1 fully saturated rings. The fraction of sp³-hybridized carbons (Fsp3) is 0.333. The number of β-amino-alcohol motifs (C(OH)–C–C–N with tert-alkyl or cyclic N) is 1. The Labute approximate surface area is 141 Å². The van der Waals surface area contributed by atoms with Crippen LogP contribution in [0, 0.1) is 0 Å². The van der Waals surface area contributed by atoms with Crippen LogP contribution in [0.25, 0.3) is 11.8 Å². The molecule has 0 aliphatic carbocycles. The third-order valence-electron chi connectivity index (χ3n) is 4.21. The van der Waals surface area contributed by atoms with Crippen molar-refractivity contribution in [3.05, 3.63) is 54.6 Å². The predicted molar refractivity (Wildman–Crippen MR) is 92.7 cm³/mol. The van der Waals surface area contributed by atoms with Gasteiger partial charge < -0.3 is 14.6 Å². The quantitative estimate of drug-likeness (QED) is 0.834. The van der Waals surface area contributed by atoms with Gasteiger partial charge in [0, 0.05) is 56.9 Å². The van der Waals surface area contributed by atoms with E-state index in [1.165, 1.54) is 0 Å². The first-order valence-corrected chi connectivity index (χ1v) is 8.15. The largest absolute Gasteiger partial charge is 0.395 e. The number of carbonyl (C=O) groups excluding carboxylic acids is 1. The highest BCUT2D eigenvalue weighted by Crippen LogP contribution is 2.11. The topological polar surface area (TPSA) is 61.6 Å². The standard InChI is InChI=1S/C18H22N4O2/c23-14-13-20-9-11-21(12-10-20)18(24)6-3-16-1-4-17(5-2-16)22-8-7-19-15-22/h1-8,15,23H,9-14H2/b6-3+. The van der Waals surface area contributed by atoms with Crippen molar-refractivity contribution >= 4 is 12.0 Å². The van der Waals surface area contributed by atoms with E-state index in [0.29, 0.717) is 19.6 Å². The van der Waals surface area contributed by atoms with Crippen LogP contribution in [0.2, 0.25) is 0 Å². The summed E-state index contributed by atoms with van der Waals surface area (Å²) in [7, 11) is 0. The molecule has 2 heterocycles. The van der Waals surface area contributed by atoms with E-state index in [-0.39, 0.29) is 12.5 Å². The molecule has 0 bridgehead atoms. The summed E-state index contributed by atoms with van der Waals surface area (Å²) in [5.74, 6) is 0.0392. The molecule has 1 N–H and O–H groups in total. The molecular formula is C18H22N4O2. The van der Waals surface area contributed by atoms with Crippen LogP contribution in [0.15, 0.2) is 49.1 Å². The predicted octanol–water partition coefficient (Wildman–Crippen LogP) is 1.02. The molecule has 6 heteroatoms. The second-order valence-corrected chi connectivity index (χ2v) is 5.79. The van der Waals surface area contributed by atoms with Crippen LogP contribution in [-0.4, -0.2) is 69.7 Å². The minimum absolute atomic E-state index is 0.0392. The van der Waals surface area contributed by atoms with E-state index in [2.05, 4.69) is 9.88 Å². The smallest absolute Gasteiger partial charge is 0.246 e. The first kappa shape index (κ1) is 16.4. The molecule has 1 aromatic carbocycles. The van der Waals surface area contributed by atoms with E-state index in [9.17, 15) is 4.79 Å². The summed E-state index contributed by atoms with van der Waals surface area (Å²) in [6.45, 7) is 3.91. The Balaban J connectivity index is 1.55. The van der Waals surface area contributed by atoms with Crippen molar-refractivity contribution in [2.45, 2.75) is 0 Å². The van der Waals surface area contributed by atoms with E-state index in [1.54, 1.807) is 18.6 Å². The lowest BCUT2D eigenvalue weighted by molar-refractivity contribution is -0.127. The zero-order valence-electron chi connectivity index (χ0n) is 13.6. The van der Waals surface area contributed by atoms with Crippen LogP contribution in [0.5, 0.6) is 0 Å². The first-order chi connectivity index (χ1) is 11.8. The molecule has 6 nitrogen and oxygen atoms in total. The highest BCUT2D eigenvalue weighted by Gasteiger charge is 2.18. The molecule has 1 saturated heterocycles. The molecule has 0 saturated carbocycles. The molecule has 0 spiro atoms. The van der Waals surface area contributed by atoms with Gasteiger partial charge in [0.15, 0.2) is 0 Å². The average molecular weight is 326 g/mol. The number of nitrogens with zero attached hydrogens (tertiary/aromatic N) is 4. The van der Waals surface area contributed by atoms with Gasteiger partial charge in [0.1, 0.15) is 0 Å².